The van der Waals surface area contributed by atoms with Crippen LogP contribution < -0.4 is 5.32 Å². The predicted octanol–water partition coefficient (Wildman–Crippen LogP) is 1.33. The van der Waals surface area contributed by atoms with Crippen LogP contribution in [0, 0.1) is 5.92 Å². The topological polar surface area (TPSA) is 86.7 Å². The summed E-state index contributed by atoms with van der Waals surface area (Å²) >= 11 is 5.32. The first-order valence-corrected chi connectivity index (χ1v) is 7.46. The minimum Gasteiger partial charge on any atom is -0.480 e. The van der Waals surface area contributed by atoms with E-state index in [0.29, 0.717) is 17.8 Å². The lowest BCUT2D eigenvalue weighted by Gasteiger charge is -2.42. The average Bonchev–Trinajstić information content (AvgIpc) is 2.34. The summed E-state index contributed by atoms with van der Waals surface area (Å²) < 4.78 is 0. The lowest BCUT2D eigenvalue weighted by atomic mass is 10.0. The zero-order valence-electron chi connectivity index (χ0n) is 12.6. The normalized spacial score (nSPS) is 22.1. The van der Waals surface area contributed by atoms with Gasteiger partial charge in [-0.25, -0.2) is 4.79 Å². The minimum absolute atomic E-state index is 0.00526. The Bertz CT molecular complexity index is 450. The molecule has 0 aromatic carbocycles. The number of rotatable bonds is 6. The first-order valence-electron chi connectivity index (χ1n) is 7.05. The van der Waals surface area contributed by atoms with Gasteiger partial charge in [-0.05, 0) is 19.3 Å². The third kappa shape index (κ3) is 5.08. The Morgan fingerprint density at radius 3 is 2.52 bits per heavy atom. The van der Waals surface area contributed by atoms with Crippen molar-refractivity contribution in [2.24, 2.45) is 5.92 Å². The third-order valence-corrected chi connectivity index (χ3v) is 3.75. The molecular formula is C14H22N2O4S. The van der Waals surface area contributed by atoms with Crippen LogP contribution in [0.2, 0.25) is 0 Å². The summed E-state index contributed by atoms with van der Waals surface area (Å²) in [5, 5.41) is 12.2. The molecule has 0 aromatic rings. The second-order valence-corrected chi connectivity index (χ2v) is 6.25. The number of carbonyl (C=O) groups is 3. The molecule has 7 heteroatoms. The number of hydrogen-bond donors (Lipinski definition) is 2. The van der Waals surface area contributed by atoms with Gasteiger partial charge in [-0.2, -0.15) is 0 Å². The summed E-state index contributed by atoms with van der Waals surface area (Å²) in [5.74, 6) is -1.06. The van der Waals surface area contributed by atoms with E-state index >= 15 is 0 Å². The number of aliphatic carboxylic acids is 1. The monoisotopic (exact) mass is 314 g/mol. The van der Waals surface area contributed by atoms with E-state index in [-0.39, 0.29) is 30.4 Å². The number of thiocarbonyl (C=S) groups is 1. The quantitative estimate of drug-likeness (QED) is 0.719. The maximum Gasteiger partial charge on any atom is 0.326 e. The fraction of sp³-hybridized carbons (Fsp3) is 0.714. The van der Waals surface area contributed by atoms with Crippen molar-refractivity contribution in [1.82, 2.24) is 10.2 Å². The fourth-order valence-corrected chi connectivity index (χ4v) is 2.75. The molecule has 0 aliphatic carbocycles. The molecule has 118 valence electrons. The lowest BCUT2D eigenvalue weighted by Crippen LogP contribution is -2.62. The fourth-order valence-electron chi connectivity index (χ4n) is 2.39. The summed E-state index contributed by atoms with van der Waals surface area (Å²) in [6.45, 7) is 5.46. The number of carbonyl (C=O) groups excluding carboxylic acids is 2. The summed E-state index contributed by atoms with van der Waals surface area (Å²) in [6.07, 6.45) is 0.676. The smallest absolute Gasteiger partial charge is 0.326 e. The van der Waals surface area contributed by atoms with Crippen molar-refractivity contribution < 1.29 is 19.5 Å². The molecule has 0 spiro atoms. The Hall–Kier alpha value is -1.50. The van der Waals surface area contributed by atoms with Gasteiger partial charge in [-0.3, -0.25) is 4.79 Å². The number of hydrogen-bond acceptors (Lipinski definition) is 4. The predicted molar refractivity (Wildman–Crippen MR) is 81.8 cm³/mol. The van der Waals surface area contributed by atoms with E-state index in [9.17, 15) is 19.5 Å². The molecule has 2 atom stereocenters. The molecule has 1 heterocycles. The van der Waals surface area contributed by atoms with Gasteiger partial charge in [0.15, 0.2) is 0 Å². The molecule has 1 aliphatic rings. The number of nitrogens with zero attached hydrogens (tertiary/aromatic N) is 1. The van der Waals surface area contributed by atoms with E-state index in [1.807, 2.05) is 13.8 Å². The van der Waals surface area contributed by atoms with E-state index in [4.69, 9.17) is 12.2 Å². The first-order chi connectivity index (χ1) is 9.72. The van der Waals surface area contributed by atoms with Gasteiger partial charge in [0, 0.05) is 12.8 Å². The Balaban J connectivity index is 2.96. The van der Waals surface area contributed by atoms with Crippen molar-refractivity contribution in [2.75, 3.05) is 0 Å². The van der Waals surface area contributed by atoms with E-state index in [1.54, 1.807) is 4.90 Å². The SMILES string of the molecule is CC(=O)CCC(=S)N1[C@@H](CC(C)C)NC(=O)C[C@H]1C(=O)O. The number of carboxylic acid groups (broad SMARTS) is 1. The van der Waals surface area contributed by atoms with Crippen molar-refractivity contribution in [1.29, 1.82) is 0 Å². The zero-order chi connectivity index (χ0) is 16.2. The van der Waals surface area contributed by atoms with Crippen LogP contribution >= 0.6 is 12.2 Å². The van der Waals surface area contributed by atoms with Gasteiger partial charge in [0.25, 0.3) is 0 Å². The highest BCUT2D eigenvalue weighted by molar-refractivity contribution is 7.80. The molecule has 21 heavy (non-hydrogen) atoms. The molecule has 0 saturated carbocycles. The average molecular weight is 314 g/mol. The van der Waals surface area contributed by atoms with Gasteiger partial charge in [0.05, 0.1) is 11.4 Å². The second-order valence-electron chi connectivity index (χ2n) is 5.77. The molecular weight excluding hydrogens is 292 g/mol. The maximum absolute atomic E-state index is 11.7. The number of ketones is 1. The number of carboxylic acids is 1. The van der Waals surface area contributed by atoms with E-state index in [1.165, 1.54) is 6.92 Å². The molecule has 1 rings (SSSR count). The number of nitrogens with one attached hydrogen (secondary N) is 1. The third-order valence-electron chi connectivity index (χ3n) is 3.34. The molecule has 1 saturated heterocycles. The largest absolute Gasteiger partial charge is 0.480 e. The van der Waals surface area contributed by atoms with Crippen molar-refractivity contribution >= 4 is 34.9 Å². The van der Waals surface area contributed by atoms with E-state index in [2.05, 4.69) is 5.32 Å². The van der Waals surface area contributed by atoms with Crippen LogP contribution in [0.1, 0.15) is 46.5 Å². The van der Waals surface area contributed by atoms with Gasteiger partial charge >= 0.3 is 5.97 Å². The molecule has 0 unspecified atom stereocenters. The Labute approximate surface area is 129 Å². The molecule has 0 aromatic heterocycles. The number of amides is 1. The van der Waals surface area contributed by atoms with Gasteiger partial charge < -0.3 is 20.1 Å². The van der Waals surface area contributed by atoms with E-state index in [0.717, 1.165) is 0 Å². The summed E-state index contributed by atoms with van der Waals surface area (Å²) in [7, 11) is 0. The number of Topliss-reactive ketones (excluding diaryl/α,β-unsaturated/α-hetero) is 1. The Kier molecular flexibility index (Phi) is 6.26. The van der Waals surface area contributed by atoms with Gasteiger partial charge in [-0.15, -0.1) is 0 Å². The maximum atomic E-state index is 11.7. The molecule has 0 radical (unpaired) electrons. The van der Waals surface area contributed by atoms with Crippen LogP contribution in [0.15, 0.2) is 0 Å². The summed E-state index contributed by atoms with van der Waals surface area (Å²) in [4.78, 5) is 36.2. The van der Waals surface area contributed by atoms with Crippen LogP contribution in [0.4, 0.5) is 0 Å². The highest BCUT2D eigenvalue weighted by Crippen LogP contribution is 2.22. The minimum atomic E-state index is -1.07. The van der Waals surface area contributed by atoms with Gasteiger partial charge in [0.2, 0.25) is 5.91 Å². The highest BCUT2D eigenvalue weighted by atomic mass is 32.1. The second kappa shape index (κ2) is 7.49. The van der Waals surface area contributed by atoms with Crippen LogP contribution in [0.25, 0.3) is 0 Å². The lowest BCUT2D eigenvalue weighted by molar-refractivity contribution is -0.148. The summed E-state index contributed by atoms with van der Waals surface area (Å²) in [5.41, 5.74) is 0. The van der Waals surface area contributed by atoms with Gasteiger partial charge in [-0.1, -0.05) is 26.1 Å². The summed E-state index contributed by atoms with van der Waals surface area (Å²) in [6, 6.07) is -0.957. The van der Waals surface area contributed by atoms with Crippen molar-refractivity contribution in [3.8, 4) is 0 Å². The highest BCUT2D eigenvalue weighted by Gasteiger charge is 2.39. The van der Waals surface area contributed by atoms with Crippen molar-refractivity contribution in [3.63, 3.8) is 0 Å². The first kappa shape index (κ1) is 17.6. The van der Waals surface area contributed by atoms with Crippen LogP contribution in [-0.4, -0.2) is 44.9 Å². The van der Waals surface area contributed by atoms with Crippen LogP contribution in [-0.2, 0) is 14.4 Å². The zero-order valence-corrected chi connectivity index (χ0v) is 13.4. The van der Waals surface area contributed by atoms with Crippen molar-refractivity contribution in [2.45, 2.75) is 58.7 Å². The van der Waals surface area contributed by atoms with Crippen LogP contribution in [0.5, 0.6) is 0 Å². The molecule has 1 amide bonds. The Morgan fingerprint density at radius 1 is 1.43 bits per heavy atom. The standard InChI is InChI=1S/C14H22N2O4S/c1-8(2)6-11-15-12(18)7-10(14(19)20)16(11)13(21)5-4-9(3)17/h8,10-11H,4-7H2,1-3H3,(H,15,18)(H,19,20)/t10-,11-/m0/s1. The van der Waals surface area contributed by atoms with Crippen LogP contribution in [0.3, 0.4) is 0 Å². The van der Waals surface area contributed by atoms with Crippen molar-refractivity contribution in [3.05, 3.63) is 0 Å². The molecule has 1 aliphatic heterocycles. The van der Waals surface area contributed by atoms with E-state index < -0.39 is 18.2 Å². The molecule has 2 N–H and O–H groups in total. The van der Waals surface area contributed by atoms with Gasteiger partial charge in [0.1, 0.15) is 18.0 Å². The molecule has 1 fully saturated rings. The Morgan fingerprint density at radius 2 is 2.05 bits per heavy atom. The molecule has 0 bridgehead atoms. The molecule has 6 nitrogen and oxygen atoms in total.